The summed E-state index contributed by atoms with van der Waals surface area (Å²) in [6, 6.07) is 3.98. The highest BCUT2D eigenvalue weighted by Gasteiger charge is 2.17. The van der Waals surface area contributed by atoms with E-state index in [9.17, 15) is 19.7 Å². The van der Waals surface area contributed by atoms with Gasteiger partial charge in [0.05, 0.1) is 17.0 Å². The minimum Gasteiger partial charge on any atom is -0.385 e. The van der Waals surface area contributed by atoms with Gasteiger partial charge in [-0.3, -0.25) is 19.7 Å². The van der Waals surface area contributed by atoms with Gasteiger partial charge in [-0.25, -0.2) is 0 Å². The van der Waals surface area contributed by atoms with Crippen LogP contribution in [0.3, 0.4) is 0 Å². The normalized spacial score (nSPS) is 9.81. The third kappa shape index (κ3) is 4.75. The molecule has 0 unspecified atom stereocenters. The van der Waals surface area contributed by atoms with Crippen LogP contribution >= 0.6 is 0 Å². The fraction of sp³-hybridized carbons (Fsp3) is 0.385. The zero-order valence-corrected chi connectivity index (χ0v) is 11.9. The highest BCUT2D eigenvalue weighted by molar-refractivity contribution is 6.01. The Bertz CT molecular complexity index is 545. The number of hydrogen-bond acceptors (Lipinski definition) is 5. The third-order valence-corrected chi connectivity index (χ3v) is 2.61. The lowest BCUT2D eigenvalue weighted by Gasteiger charge is -2.11. The maximum atomic E-state index is 12.1. The molecule has 0 saturated heterocycles. The molecule has 0 aliphatic carbocycles. The Morgan fingerprint density at radius 1 is 1.19 bits per heavy atom. The van der Waals surface area contributed by atoms with Crippen LogP contribution in [0.15, 0.2) is 18.2 Å². The van der Waals surface area contributed by atoms with E-state index in [1.54, 1.807) is 6.92 Å². The number of carbonyl (C=O) groups is 2. The first kappa shape index (κ1) is 16.4. The van der Waals surface area contributed by atoms with Gasteiger partial charge >= 0.3 is 0 Å². The Kier molecular flexibility index (Phi) is 6.12. The van der Waals surface area contributed by atoms with Crippen molar-refractivity contribution in [2.75, 3.05) is 25.0 Å². The molecule has 21 heavy (non-hydrogen) atoms. The Hall–Kier alpha value is -2.64. The van der Waals surface area contributed by atoms with Gasteiger partial charge < -0.3 is 16.0 Å². The fourth-order valence-corrected chi connectivity index (χ4v) is 1.69. The van der Waals surface area contributed by atoms with E-state index < -0.39 is 10.8 Å². The average Bonchev–Trinajstić information content (AvgIpc) is 2.45. The first-order valence-corrected chi connectivity index (χ1v) is 6.56. The molecule has 1 aromatic rings. The molecule has 1 rings (SSSR count). The zero-order chi connectivity index (χ0) is 15.8. The molecular weight excluding hydrogens is 276 g/mol. The van der Waals surface area contributed by atoms with Crippen molar-refractivity contribution in [2.24, 2.45) is 0 Å². The largest absolute Gasteiger partial charge is 0.385 e. The van der Waals surface area contributed by atoms with E-state index >= 15 is 0 Å². The van der Waals surface area contributed by atoms with Crippen molar-refractivity contribution in [1.29, 1.82) is 0 Å². The van der Waals surface area contributed by atoms with Crippen molar-refractivity contribution in [1.82, 2.24) is 10.6 Å². The minimum absolute atomic E-state index is 0.135. The van der Waals surface area contributed by atoms with E-state index in [2.05, 4.69) is 16.0 Å². The Morgan fingerprint density at radius 3 is 2.48 bits per heavy atom. The number of nitro benzene ring substituents is 1. The van der Waals surface area contributed by atoms with Crippen molar-refractivity contribution in [3.05, 3.63) is 33.9 Å². The number of amides is 2. The Morgan fingerprint density at radius 2 is 1.90 bits per heavy atom. The van der Waals surface area contributed by atoms with Gasteiger partial charge in [0.25, 0.3) is 11.6 Å². The summed E-state index contributed by atoms with van der Waals surface area (Å²) >= 11 is 0. The average molecular weight is 294 g/mol. The van der Waals surface area contributed by atoms with Crippen LogP contribution in [0.4, 0.5) is 11.4 Å². The molecular formula is C13H18N4O4. The minimum atomic E-state index is -0.573. The maximum absolute atomic E-state index is 12.1. The lowest BCUT2D eigenvalue weighted by Crippen LogP contribution is -2.37. The number of hydrogen-bond donors (Lipinski definition) is 3. The summed E-state index contributed by atoms with van der Waals surface area (Å²) in [5, 5.41) is 18.7. The van der Waals surface area contributed by atoms with Crippen LogP contribution in [-0.2, 0) is 4.79 Å². The van der Waals surface area contributed by atoms with Gasteiger partial charge in [0.2, 0.25) is 5.91 Å². The Labute approximate surface area is 122 Å². The third-order valence-electron chi connectivity index (χ3n) is 2.61. The summed E-state index contributed by atoms with van der Waals surface area (Å²) in [5.41, 5.74) is 0.437. The second-order valence-electron chi connectivity index (χ2n) is 4.15. The number of nitro groups is 1. The van der Waals surface area contributed by atoms with Crippen LogP contribution in [0.25, 0.3) is 0 Å². The van der Waals surface area contributed by atoms with Crippen molar-refractivity contribution in [3.63, 3.8) is 0 Å². The van der Waals surface area contributed by atoms with Gasteiger partial charge in [-0.15, -0.1) is 0 Å². The van der Waals surface area contributed by atoms with Gasteiger partial charge in [-0.2, -0.15) is 0 Å². The predicted octanol–water partition coefficient (Wildman–Crippen LogP) is 0.892. The molecule has 0 fully saturated rings. The molecule has 0 aliphatic heterocycles. The zero-order valence-electron chi connectivity index (χ0n) is 11.9. The molecule has 114 valence electrons. The molecule has 2 amide bonds. The summed E-state index contributed by atoms with van der Waals surface area (Å²) in [4.78, 5) is 33.6. The standard InChI is InChI=1S/C13H18N4O4/c1-3-14-11-6-5-9(17(20)21)7-10(11)13(19)16-8-12(18)15-4-2/h5-7,14H,3-4,8H2,1-2H3,(H,15,18)(H,16,19). The summed E-state index contributed by atoms with van der Waals surface area (Å²) in [7, 11) is 0. The number of carbonyl (C=O) groups excluding carboxylic acids is 2. The molecule has 0 spiro atoms. The van der Waals surface area contributed by atoms with E-state index in [-0.39, 0.29) is 23.7 Å². The molecule has 8 heteroatoms. The van der Waals surface area contributed by atoms with Gasteiger partial charge in [-0.1, -0.05) is 0 Å². The van der Waals surface area contributed by atoms with E-state index in [4.69, 9.17) is 0 Å². The second-order valence-corrected chi connectivity index (χ2v) is 4.15. The molecule has 0 radical (unpaired) electrons. The first-order valence-electron chi connectivity index (χ1n) is 6.56. The van der Waals surface area contributed by atoms with E-state index in [0.29, 0.717) is 18.8 Å². The topological polar surface area (TPSA) is 113 Å². The van der Waals surface area contributed by atoms with Gasteiger partial charge in [-0.05, 0) is 19.9 Å². The SMILES string of the molecule is CCNC(=O)CNC(=O)c1cc([N+](=O)[O-])ccc1NCC. The molecule has 8 nitrogen and oxygen atoms in total. The highest BCUT2D eigenvalue weighted by atomic mass is 16.6. The maximum Gasteiger partial charge on any atom is 0.270 e. The summed E-state index contributed by atoms with van der Waals surface area (Å²) < 4.78 is 0. The van der Waals surface area contributed by atoms with Gasteiger partial charge in [0.15, 0.2) is 0 Å². The quantitative estimate of drug-likeness (QED) is 0.510. The number of rotatable bonds is 7. The highest BCUT2D eigenvalue weighted by Crippen LogP contribution is 2.22. The fourth-order valence-electron chi connectivity index (χ4n) is 1.69. The molecule has 0 aliphatic rings. The van der Waals surface area contributed by atoms with Crippen LogP contribution in [0.5, 0.6) is 0 Å². The first-order chi connectivity index (χ1) is 9.99. The van der Waals surface area contributed by atoms with E-state index in [1.807, 2.05) is 6.92 Å². The lowest BCUT2D eigenvalue weighted by molar-refractivity contribution is -0.384. The van der Waals surface area contributed by atoms with Crippen LogP contribution in [-0.4, -0.2) is 36.4 Å². The summed E-state index contributed by atoms with van der Waals surface area (Å²) in [6.07, 6.45) is 0. The molecule has 0 heterocycles. The molecule has 0 atom stereocenters. The van der Waals surface area contributed by atoms with Crippen LogP contribution in [0.1, 0.15) is 24.2 Å². The number of nitrogens with zero attached hydrogens (tertiary/aromatic N) is 1. The molecule has 1 aromatic carbocycles. The van der Waals surface area contributed by atoms with E-state index in [1.165, 1.54) is 18.2 Å². The monoisotopic (exact) mass is 294 g/mol. The molecule has 0 bridgehead atoms. The smallest absolute Gasteiger partial charge is 0.270 e. The summed E-state index contributed by atoms with van der Waals surface area (Å²) in [6.45, 7) is 4.46. The van der Waals surface area contributed by atoms with Crippen LogP contribution in [0, 0.1) is 10.1 Å². The molecule has 0 aromatic heterocycles. The van der Waals surface area contributed by atoms with Gasteiger partial charge in [0, 0.05) is 30.9 Å². The second kappa shape index (κ2) is 7.83. The molecule has 0 saturated carbocycles. The number of anilines is 1. The lowest BCUT2D eigenvalue weighted by atomic mass is 10.1. The number of nitrogens with one attached hydrogen (secondary N) is 3. The van der Waals surface area contributed by atoms with Gasteiger partial charge in [0.1, 0.15) is 0 Å². The molecule has 3 N–H and O–H groups in total. The number of benzene rings is 1. The number of non-ortho nitro benzene ring substituents is 1. The van der Waals surface area contributed by atoms with Crippen molar-refractivity contribution >= 4 is 23.2 Å². The predicted molar refractivity (Wildman–Crippen MR) is 78.3 cm³/mol. The van der Waals surface area contributed by atoms with Crippen molar-refractivity contribution in [3.8, 4) is 0 Å². The van der Waals surface area contributed by atoms with E-state index in [0.717, 1.165) is 0 Å². The van der Waals surface area contributed by atoms with Crippen molar-refractivity contribution < 1.29 is 14.5 Å². The van der Waals surface area contributed by atoms with Crippen LogP contribution in [0.2, 0.25) is 0 Å². The van der Waals surface area contributed by atoms with Crippen LogP contribution < -0.4 is 16.0 Å². The van der Waals surface area contributed by atoms with Crippen molar-refractivity contribution in [2.45, 2.75) is 13.8 Å². The Balaban J connectivity index is 2.91. The summed E-state index contributed by atoms with van der Waals surface area (Å²) in [5.74, 6) is -0.859. The number of likely N-dealkylation sites (N-methyl/N-ethyl adjacent to an activating group) is 1.